The molecule has 0 saturated carbocycles. The van der Waals surface area contributed by atoms with Crippen LogP contribution in [0, 0.1) is 11.8 Å². The van der Waals surface area contributed by atoms with Crippen molar-refractivity contribution in [2.24, 2.45) is 23.3 Å². The number of primary amides is 1. The Morgan fingerprint density at radius 1 is 0.893 bits per heavy atom. The summed E-state index contributed by atoms with van der Waals surface area (Å²) in [6.45, 7) is 7.85. The first kappa shape index (κ1) is 23.2. The Hall–Kier alpha value is -2.81. The summed E-state index contributed by atoms with van der Waals surface area (Å²) >= 11 is 0. The Balaban J connectivity index is 2.96. The molecule has 1 rings (SSSR count). The van der Waals surface area contributed by atoms with Crippen LogP contribution in [0.2, 0.25) is 0 Å². The third kappa shape index (κ3) is 8.72. The van der Waals surface area contributed by atoms with Crippen LogP contribution in [-0.4, -0.2) is 37.5 Å². The van der Waals surface area contributed by atoms with E-state index in [0.717, 1.165) is 0 Å². The molecule has 0 aromatic heterocycles. The molecule has 0 saturated heterocycles. The predicted octanol–water partition coefficient (Wildman–Crippen LogP) is 2.38. The van der Waals surface area contributed by atoms with Crippen LogP contribution in [-0.2, 0) is 20.7 Å². The quantitative estimate of drug-likeness (QED) is 0.479. The van der Waals surface area contributed by atoms with E-state index in [1.54, 1.807) is 6.07 Å². The molecule has 0 aliphatic carbocycles. The smallest absolute Gasteiger partial charge is 0.434 e. The van der Waals surface area contributed by atoms with Gasteiger partial charge in [-0.1, -0.05) is 33.8 Å². The van der Waals surface area contributed by atoms with Crippen LogP contribution in [0.3, 0.4) is 0 Å². The predicted molar refractivity (Wildman–Crippen MR) is 101 cm³/mol. The normalized spacial score (nSPS) is 11.8. The van der Waals surface area contributed by atoms with Crippen molar-refractivity contribution in [1.29, 1.82) is 0 Å². The Morgan fingerprint density at radius 2 is 1.39 bits per heavy atom. The molecule has 0 bridgehead atoms. The highest BCUT2D eigenvalue weighted by atomic mass is 16.7. The molecule has 0 aliphatic rings. The number of ether oxygens (including phenoxy) is 4. The van der Waals surface area contributed by atoms with Gasteiger partial charge in [0, 0.05) is 0 Å². The SMILES string of the molecule is CC(C)COC(=O)Oc1ccc(CC(N)C(N)=O)cc1OC(=O)OCC(C)C. The maximum atomic E-state index is 11.9. The number of carbonyl (C=O) groups is 3. The van der Waals surface area contributed by atoms with Crippen molar-refractivity contribution in [3.63, 3.8) is 0 Å². The summed E-state index contributed by atoms with van der Waals surface area (Å²) in [5.41, 5.74) is 11.4. The van der Waals surface area contributed by atoms with Gasteiger partial charge < -0.3 is 30.4 Å². The third-order valence-electron chi connectivity index (χ3n) is 3.28. The topological polar surface area (TPSA) is 140 Å². The van der Waals surface area contributed by atoms with E-state index in [9.17, 15) is 14.4 Å². The van der Waals surface area contributed by atoms with Gasteiger partial charge in [0.2, 0.25) is 5.91 Å². The number of benzene rings is 1. The van der Waals surface area contributed by atoms with Crippen molar-refractivity contribution in [2.45, 2.75) is 40.2 Å². The van der Waals surface area contributed by atoms with Gasteiger partial charge in [0.05, 0.1) is 19.3 Å². The van der Waals surface area contributed by atoms with E-state index in [1.807, 2.05) is 27.7 Å². The molecule has 1 aromatic carbocycles. The maximum absolute atomic E-state index is 11.9. The minimum Gasteiger partial charge on any atom is -0.434 e. The van der Waals surface area contributed by atoms with Crippen molar-refractivity contribution >= 4 is 18.2 Å². The number of carbonyl (C=O) groups excluding carboxylic acids is 3. The number of amides is 1. The molecule has 9 nitrogen and oxygen atoms in total. The molecule has 0 spiro atoms. The first-order valence-electron chi connectivity index (χ1n) is 8.95. The Kier molecular flexibility index (Phi) is 9.23. The Morgan fingerprint density at radius 3 is 1.86 bits per heavy atom. The van der Waals surface area contributed by atoms with Gasteiger partial charge in [-0.05, 0) is 36.0 Å². The lowest BCUT2D eigenvalue weighted by Gasteiger charge is -2.14. The van der Waals surface area contributed by atoms with Crippen molar-refractivity contribution in [1.82, 2.24) is 0 Å². The zero-order valence-electron chi connectivity index (χ0n) is 16.6. The average Bonchev–Trinajstić information content (AvgIpc) is 2.60. The Labute approximate surface area is 164 Å². The lowest BCUT2D eigenvalue weighted by atomic mass is 10.1. The number of hydrogen-bond acceptors (Lipinski definition) is 8. The third-order valence-corrected chi connectivity index (χ3v) is 3.28. The molecule has 1 amide bonds. The first-order chi connectivity index (χ1) is 13.1. The summed E-state index contributed by atoms with van der Waals surface area (Å²) in [5, 5.41) is 0. The summed E-state index contributed by atoms with van der Waals surface area (Å²) < 4.78 is 20.2. The van der Waals surface area contributed by atoms with E-state index >= 15 is 0 Å². The van der Waals surface area contributed by atoms with Crippen molar-refractivity contribution in [2.75, 3.05) is 13.2 Å². The molecule has 4 N–H and O–H groups in total. The molecule has 156 valence electrons. The first-order valence-corrected chi connectivity index (χ1v) is 8.95. The molecule has 0 aliphatic heterocycles. The summed E-state index contributed by atoms with van der Waals surface area (Å²) in [7, 11) is 0. The van der Waals surface area contributed by atoms with Gasteiger partial charge in [-0.25, -0.2) is 9.59 Å². The van der Waals surface area contributed by atoms with E-state index < -0.39 is 24.3 Å². The van der Waals surface area contributed by atoms with Crippen LogP contribution in [0.1, 0.15) is 33.3 Å². The van der Waals surface area contributed by atoms with Crippen LogP contribution in [0.4, 0.5) is 9.59 Å². The van der Waals surface area contributed by atoms with E-state index in [4.69, 9.17) is 30.4 Å². The molecule has 9 heteroatoms. The second-order valence-electron chi connectivity index (χ2n) is 7.11. The molecule has 1 atom stereocenters. The van der Waals surface area contributed by atoms with Crippen molar-refractivity contribution in [3.8, 4) is 11.5 Å². The molecule has 0 radical (unpaired) electrons. The molecule has 28 heavy (non-hydrogen) atoms. The Bertz CT molecular complexity index is 689. The lowest BCUT2D eigenvalue weighted by Crippen LogP contribution is -2.38. The highest BCUT2D eigenvalue weighted by Crippen LogP contribution is 2.30. The second-order valence-corrected chi connectivity index (χ2v) is 7.11. The molecule has 0 fully saturated rings. The van der Waals surface area contributed by atoms with Crippen molar-refractivity contribution in [3.05, 3.63) is 23.8 Å². The fraction of sp³-hybridized carbons (Fsp3) is 0.526. The number of hydrogen-bond donors (Lipinski definition) is 2. The number of nitrogens with two attached hydrogens (primary N) is 2. The maximum Gasteiger partial charge on any atom is 0.513 e. The van der Waals surface area contributed by atoms with Crippen molar-refractivity contribution < 1.29 is 33.3 Å². The van der Waals surface area contributed by atoms with Gasteiger partial charge in [-0.2, -0.15) is 0 Å². The van der Waals surface area contributed by atoms with E-state index in [1.165, 1.54) is 12.1 Å². The van der Waals surface area contributed by atoms with Gasteiger partial charge in [-0.15, -0.1) is 0 Å². The van der Waals surface area contributed by atoms with Gasteiger partial charge in [0.15, 0.2) is 11.5 Å². The van der Waals surface area contributed by atoms with Gasteiger partial charge >= 0.3 is 12.3 Å². The summed E-state index contributed by atoms with van der Waals surface area (Å²) in [5.74, 6) is -0.520. The number of rotatable bonds is 9. The second kappa shape index (κ2) is 11.1. The van der Waals surface area contributed by atoms with Crippen LogP contribution in [0.25, 0.3) is 0 Å². The molecular formula is C19H28N2O7. The molecule has 0 heterocycles. The zero-order valence-corrected chi connectivity index (χ0v) is 16.6. The van der Waals surface area contributed by atoms with Crippen LogP contribution >= 0.6 is 0 Å². The fourth-order valence-corrected chi connectivity index (χ4v) is 1.91. The summed E-state index contributed by atoms with van der Waals surface area (Å²) in [4.78, 5) is 34.9. The van der Waals surface area contributed by atoms with E-state index in [0.29, 0.717) is 5.56 Å². The summed E-state index contributed by atoms with van der Waals surface area (Å²) in [6.07, 6.45) is -1.77. The fourth-order valence-electron chi connectivity index (χ4n) is 1.91. The molecule has 1 aromatic rings. The highest BCUT2D eigenvalue weighted by Gasteiger charge is 2.18. The van der Waals surface area contributed by atoms with Gasteiger partial charge in [0.1, 0.15) is 0 Å². The van der Waals surface area contributed by atoms with Crippen LogP contribution in [0.5, 0.6) is 11.5 Å². The standard InChI is InChI=1S/C19H28N2O7/c1-11(2)9-25-18(23)27-15-6-5-13(7-14(20)17(21)22)8-16(15)28-19(24)26-10-12(3)4/h5-6,8,11-12,14H,7,9-10,20H2,1-4H3,(H2,21,22). The lowest BCUT2D eigenvalue weighted by molar-refractivity contribution is -0.119. The minimum absolute atomic E-state index is 0.0355. The molecule has 1 unspecified atom stereocenters. The minimum atomic E-state index is -0.953. The summed E-state index contributed by atoms with van der Waals surface area (Å²) in [6, 6.07) is 3.48. The zero-order chi connectivity index (χ0) is 21.3. The molecular weight excluding hydrogens is 368 g/mol. The van der Waals surface area contributed by atoms with Crippen LogP contribution in [0.15, 0.2) is 18.2 Å². The van der Waals surface area contributed by atoms with Gasteiger partial charge in [0.25, 0.3) is 0 Å². The largest absolute Gasteiger partial charge is 0.513 e. The van der Waals surface area contributed by atoms with E-state index in [-0.39, 0.29) is 43.0 Å². The van der Waals surface area contributed by atoms with Crippen LogP contribution < -0.4 is 20.9 Å². The van der Waals surface area contributed by atoms with E-state index in [2.05, 4.69) is 0 Å². The average molecular weight is 396 g/mol. The van der Waals surface area contributed by atoms with Gasteiger partial charge in [-0.3, -0.25) is 4.79 Å². The monoisotopic (exact) mass is 396 g/mol. The highest BCUT2D eigenvalue weighted by molar-refractivity contribution is 5.80.